The molecule has 0 saturated heterocycles. The number of methoxy groups -OCH3 is 1. The number of carbonyl (C=O) groups is 1. The maximum atomic E-state index is 13.3. The van der Waals surface area contributed by atoms with E-state index in [0.717, 1.165) is 28.6 Å². The molecule has 1 heterocycles. The van der Waals surface area contributed by atoms with E-state index in [1.165, 1.54) is 4.68 Å². The molecule has 2 aromatic carbocycles. The SMILES string of the molecule is CCC[C@H](c1cccc(OC)c1)c1cc(C)nn(CC(=O)Nc2ccc(Br)cc2)c1=O. The largest absolute Gasteiger partial charge is 0.497 e. The summed E-state index contributed by atoms with van der Waals surface area (Å²) in [5.74, 6) is 0.343. The first-order valence-electron chi connectivity index (χ1n) is 10.2. The number of aryl methyl sites for hydroxylation is 1. The first-order valence-corrected chi connectivity index (χ1v) is 11.0. The highest BCUT2D eigenvalue weighted by atomic mass is 79.9. The molecule has 6 nitrogen and oxygen atoms in total. The van der Waals surface area contributed by atoms with Crippen LogP contribution in [0.25, 0.3) is 0 Å². The normalized spacial score (nSPS) is 11.7. The van der Waals surface area contributed by atoms with Crippen molar-refractivity contribution in [1.82, 2.24) is 9.78 Å². The minimum atomic E-state index is -0.304. The lowest BCUT2D eigenvalue weighted by Crippen LogP contribution is -2.33. The van der Waals surface area contributed by atoms with E-state index < -0.39 is 0 Å². The van der Waals surface area contributed by atoms with Crippen molar-refractivity contribution in [1.29, 1.82) is 0 Å². The molecule has 0 aliphatic carbocycles. The van der Waals surface area contributed by atoms with Gasteiger partial charge in [-0.1, -0.05) is 41.4 Å². The number of hydrogen-bond acceptors (Lipinski definition) is 4. The molecule has 0 unspecified atom stereocenters. The average molecular weight is 484 g/mol. The second kappa shape index (κ2) is 10.4. The van der Waals surface area contributed by atoms with Crippen LogP contribution < -0.4 is 15.6 Å². The second-order valence-corrected chi connectivity index (χ2v) is 8.29. The van der Waals surface area contributed by atoms with E-state index in [-0.39, 0.29) is 23.9 Å². The zero-order chi connectivity index (χ0) is 22.4. The summed E-state index contributed by atoms with van der Waals surface area (Å²) in [6, 6.07) is 16.9. The number of benzene rings is 2. The standard InChI is InChI=1S/C24H26BrN3O3/c1-4-6-21(17-7-5-8-20(14-17)31-3)22-13-16(2)27-28(24(22)30)15-23(29)26-19-11-9-18(25)10-12-19/h5,7-14,21H,4,6,15H2,1-3H3,(H,26,29)/t21-/m1/s1. The van der Waals surface area contributed by atoms with Crippen LogP contribution >= 0.6 is 15.9 Å². The van der Waals surface area contributed by atoms with E-state index in [2.05, 4.69) is 33.3 Å². The smallest absolute Gasteiger partial charge is 0.271 e. The van der Waals surface area contributed by atoms with E-state index in [0.29, 0.717) is 16.9 Å². The Morgan fingerprint density at radius 3 is 2.61 bits per heavy atom. The van der Waals surface area contributed by atoms with Crippen molar-refractivity contribution in [2.75, 3.05) is 12.4 Å². The van der Waals surface area contributed by atoms with E-state index in [9.17, 15) is 9.59 Å². The molecule has 1 amide bonds. The van der Waals surface area contributed by atoms with Crippen LogP contribution in [0.4, 0.5) is 5.69 Å². The van der Waals surface area contributed by atoms with Crippen LogP contribution in [0.15, 0.2) is 63.9 Å². The van der Waals surface area contributed by atoms with Crippen LogP contribution in [-0.4, -0.2) is 22.8 Å². The van der Waals surface area contributed by atoms with Gasteiger partial charge in [0.2, 0.25) is 5.91 Å². The Hall–Kier alpha value is -2.93. The van der Waals surface area contributed by atoms with Crippen LogP contribution in [0, 0.1) is 6.92 Å². The molecule has 3 aromatic rings. The van der Waals surface area contributed by atoms with Crippen molar-refractivity contribution in [3.8, 4) is 5.75 Å². The lowest BCUT2D eigenvalue weighted by molar-refractivity contribution is -0.117. The van der Waals surface area contributed by atoms with Crippen molar-refractivity contribution >= 4 is 27.5 Å². The number of ether oxygens (including phenoxy) is 1. The molecule has 0 radical (unpaired) electrons. The summed E-state index contributed by atoms with van der Waals surface area (Å²) in [4.78, 5) is 25.8. The quantitative estimate of drug-likeness (QED) is 0.494. The van der Waals surface area contributed by atoms with Crippen LogP contribution in [-0.2, 0) is 11.3 Å². The third-order valence-electron chi connectivity index (χ3n) is 4.99. The predicted octanol–water partition coefficient (Wildman–Crippen LogP) is 4.89. The van der Waals surface area contributed by atoms with Crippen molar-refractivity contribution in [3.05, 3.63) is 86.2 Å². The summed E-state index contributed by atoms with van der Waals surface area (Å²) < 4.78 is 7.54. The molecule has 3 rings (SSSR count). The highest BCUT2D eigenvalue weighted by Gasteiger charge is 2.20. The maximum absolute atomic E-state index is 13.3. The van der Waals surface area contributed by atoms with E-state index in [4.69, 9.17) is 4.74 Å². The predicted molar refractivity (Wildman–Crippen MR) is 126 cm³/mol. The van der Waals surface area contributed by atoms with Gasteiger partial charge in [-0.3, -0.25) is 9.59 Å². The van der Waals surface area contributed by atoms with Crippen molar-refractivity contribution in [2.45, 2.75) is 39.2 Å². The minimum absolute atomic E-state index is 0.102. The van der Waals surface area contributed by atoms with Gasteiger partial charge in [-0.2, -0.15) is 5.10 Å². The summed E-state index contributed by atoms with van der Waals surface area (Å²) in [6.45, 7) is 3.77. The molecular weight excluding hydrogens is 458 g/mol. The van der Waals surface area contributed by atoms with Crippen LogP contribution in [0.3, 0.4) is 0 Å². The molecule has 162 valence electrons. The molecule has 31 heavy (non-hydrogen) atoms. The Balaban J connectivity index is 1.91. The Morgan fingerprint density at radius 2 is 1.94 bits per heavy atom. The van der Waals surface area contributed by atoms with Gasteiger partial charge in [-0.05, 0) is 61.4 Å². The van der Waals surface area contributed by atoms with Gasteiger partial charge in [0.15, 0.2) is 0 Å². The number of carbonyl (C=O) groups excluding carboxylic acids is 1. The van der Waals surface area contributed by atoms with Gasteiger partial charge >= 0.3 is 0 Å². The number of amides is 1. The number of hydrogen-bond donors (Lipinski definition) is 1. The fourth-order valence-electron chi connectivity index (χ4n) is 3.58. The van der Waals surface area contributed by atoms with Crippen LogP contribution in [0.5, 0.6) is 5.75 Å². The summed E-state index contributed by atoms with van der Waals surface area (Å²) in [5.41, 5.74) is 2.75. The molecular formula is C24H26BrN3O3. The van der Waals surface area contributed by atoms with Crippen molar-refractivity contribution in [3.63, 3.8) is 0 Å². The zero-order valence-electron chi connectivity index (χ0n) is 17.9. The summed E-state index contributed by atoms with van der Waals surface area (Å²) in [6.07, 6.45) is 1.71. The minimum Gasteiger partial charge on any atom is -0.497 e. The molecule has 0 aliphatic rings. The zero-order valence-corrected chi connectivity index (χ0v) is 19.5. The Labute approximate surface area is 190 Å². The fraction of sp³-hybridized carbons (Fsp3) is 0.292. The third kappa shape index (κ3) is 5.82. The summed E-state index contributed by atoms with van der Waals surface area (Å²) in [5, 5.41) is 7.12. The van der Waals surface area contributed by atoms with Gasteiger partial charge < -0.3 is 10.1 Å². The first-order chi connectivity index (χ1) is 14.9. The number of aromatic nitrogens is 2. The Morgan fingerprint density at radius 1 is 1.19 bits per heavy atom. The van der Waals surface area contributed by atoms with Gasteiger partial charge in [0.05, 0.1) is 12.8 Å². The Bertz CT molecular complexity index is 1110. The third-order valence-corrected chi connectivity index (χ3v) is 5.52. The maximum Gasteiger partial charge on any atom is 0.271 e. The first kappa shape index (κ1) is 22.7. The monoisotopic (exact) mass is 483 g/mol. The molecule has 7 heteroatoms. The van der Waals surface area contributed by atoms with Crippen LogP contribution in [0.2, 0.25) is 0 Å². The molecule has 1 atom stereocenters. The lowest BCUT2D eigenvalue weighted by atomic mass is 9.88. The average Bonchev–Trinajstić information content (AvgIpc) is 2.76. The van der Waals surface area contributed by atoms with Gasteiger partial charge in [-0.15, -0.1) is 0 Å². The van der Waals surface area contributed by atoms with Gasteiger partial charge in [0, 0.05) is 21.6 Å². The van der Waals surface area contributed by atoms with E-state index in [1.807, 2.05) is 49.4 Å². The highest BCUT2D eigenvalue weighted by Crippen LogP contribution is 2.29. The highest BCUT2D eigenvalue weighted by molar-refractivity contribution is 9.10. The van der Waals surface area contributed by atoms with Crippen LogP contribution in [0.1, 0.15) is 42.5 Å². The fourth-order valence-corrected chi connectivity index (χ4v) is 3.84. The van der Waals surface area contributed by atoms with Gasteiger partial charge in [0.1, 0.15) is 12.3 Å². The summed E-state index contributed by atoms with van der Waals surface area (Å²) >= 11 is 3.37. The number of nitrogens with one attached hydrogen (secondary N) is 1. The number of nitrogens with zero attached hydrogens (tertiary/aromatic N) is 2. The van der Waals surface area contributed by atoms with E-state index >= 15 is 0 Å². The topological polar surface area (TPSA) is 73.2 Å². The van der Waals surface area contributed by atoms with Gasteiger partial charge in [-0.25, -0.2) is 4.68 Å². The Kier molecular flexibility index (Phi) is 7.63. The number of anilines is 1. The lowest BCUT2D eigenvalue weighted by Gasteiger charge is -2.19. The molecule has 0 fully saturated rings. The van der Waals surface area contributed by atoms with Crippen molar-refractivity contribution in [2.24, 2.45) is 0 Å². The molecule has 0 spiro atoms. The molecule has 1 aromatic heterocycles. The number of halogens is 1. The molecule has 1 N–H and O–H groups in total. The summed E-state index contributed by atoms with van der Waals surface area (Å²) in [7, 11) is 1.63. The number of rotatable bonds is 8. The second-order valence-electron chi connectivity index (χ2n) is 7.38. The molecule has 0 saturated carbocycles. The molecule has 0 bridgehead atoms. The van der Waals surface area contributed by atoms with E-state index in [1.54, 1.807) is 19.2 Å². The van der Waals surface area contributed by atoms with Gasteiger partial charge in [0.25, 0.3) is 5.56 Å². The van der Waals surface area contributed by atoms with Crippen molar-refractivity contribution < 1.29 is 9.53 Å². The molecule has 0 aliphatic heterocycles.